The number of rotatable bonds is 10. The molecule has 6 heteroatoms. The number of carboxylic acid groups (broad SMARTS) is 1. The maximum absolute atomic E-state index is 12.5. The van der Waals surface area contributed by atoms with Crippen molar-refractivity contribution in [3.8, 4) is 11.5 Å². The zero-order chi connectivity index (χ0) is 19.1. The number of nitrogens with zero attached hydrogens (tertiary/aromatic N) is 1. The van der Waals surface area contributed by atoms with E-state index in [-0.39, 0.29) is 5.56 Å². The second kappa shape index (κ2) is 9.27. The third kappa shape index (κ3) is 4.18. The van der Waals surface area contributed by atoms with Gasteiger partial charge in [-0.1, -0.05) is 39.0 Å². The van der Waals surface area contributed by atoms with Gasteiger partial charge >= 0.3 is 5.97 Å². The molecule has 0 spiro atoms. The summed E-state index contributed by atoms with van der Waals surface area (Å²) in [6.45, 7) is 2.80. The molecule has 0 aliphatic heterocycles. The van der Waals surface area contributed by atoms with Gasteiger partial charge in [-0.05, 0) is 18.6 Å². The minimum absolute atomic E-state index is 0.226. The van der Waals surface area contributed by atoms with Crippen LogP contribution in [0.15, 0.2) is 23.1 Å². The Morgan fingerprint density at radius 2 is 1.77 bits per heavy atom. The number of aryl methyl sites for hydroxylation is 1. The number of benzene rings is 1. The van der Waals surface area contributed by atoms with Crippen molar-refractivity contribution in [1.29, 1.82) is 0 Å². The summed E-state index contributed by atoms with van der Waals surface area (Å²) in [4.78, 5) is 24.0. The number of carbonyl (C=O) groups is 1. The first-order valence-corrected chi connectivity index (χ1v) is 9.06. The summed E-state index contributed by atoms with van der Waals surface area (Å²) in [5.74, 6) is -0.257. The number of fused-ring (bicyclic) bond motifs is 1. The molecule has 1 N–H and O–H groups in total. The molecule has 0 bridgehead atoms. The molecule has 6 nitrogen and oxygen atoms in total. The van der Waals surface area contributed by atoms with Crippen LogP contribution in [0.1, 0.15) is 55.8 Å². The molecule has 0 aliphatic carbocycles. The van der Waals surface area contributed by atoms with Crippen LogP contribution in [0.4, 0.5) is 0 Å². The third-order valence-electron chi connectivity index (χ3n) is 4.56. The van der Waals surface area contributed by atoms with Crippen LogP contribution in [0.5, 0.6) is 11.5 Å². The standard InChI is InChI=1S/C20H27NO5/c1-4-5-6-7-8-9-12-21-13-15(20(23)24)18(22)14-10-11-16(25-2)19(26-3)17(14)21/h10-11,13H,4-9,12H2,1-3H3,(H,23,24). The first-order chi connectivity index (χ1) is 12.5. The molecule has 2 aromatic rings. The van der Waals surface area contributed by atoms with Gasteiger partial charge in [0.1, 0.15) is 5.56 Å². The molecular formula is C20H27NO5. The Balaban J connectivity index is 2.46. The summed E-state index contributed by atoms with van der Waals surface area (Å²) in [6, 6.07) is 3.23. The minimum atomic E-state index is -1.22. The number of aromatic carboxylic acids is 1. The van der Waals surface area contributed by atoms with Crippen molar-refractivity contribution in [1.82, 2.24) is 4.57 Å². The van der Waals surface area contributed by atoms with E-state index in [1.165, 1.54) is 39.7 Å². The van der Waals surface area contributed by atoms with Crippen LogP contribution in [0.2, 0.25) is 0 Å². The molecule has 0 atom stereocenters. The highest BCUT2D eigenvalue weighted by atomic mass is 16.5. The fraction of sp³-hybridized carbons (Fsp3) is 0.500. The highest BCUT2D eigenvalue weighted by Gasteiger charge is 2.19. The van der Waals surface area contributed by atoms with E-state index in [0.29, 0.717) is 28.9 Å². The Morgan fingerprint density at radius 1 is 1.08 bits per heavy atom. The van der Waals surface area contributed by atoms with E-state index in [9.17, 15) is 14.7 Å². The Labute approximate surface area is 153 Å². The smallest absolute Gasteiger partial charge is 0.341 e. The number of methoxy groups -OCH3 is 2. The lowest BCUT2D eigenvalue weighted by Gasteiger charge is -2.17. The topological polar surface area (TPSA) is 77.8 Å². The lowest BCUT2D eigenvalue weighted by Crippen LogP contribution is -2.19. The van der Waals surface area contributed by atoms with Crippen molar-refractivity contribution in [2.75, 3.05) is 14.2 Å². The number of unbranched alkanes of at least 4 members (excludes halogenated alkanes) is 5. The maximum Gasteiger partial charge on any atom is 0.341 e. The number of hydrogen-bond donors (Lipinski definition) is 1. The molecule has 0 saturated heterocycles. The summed E-state index contributed by atoms with van der Waals surface area (Å²) in [5, 5.41) is 9.70. The lowest BCUT2D eigenvalue weighted by atomic mass is 10.1. The van der Waals surface area contributed by atoms with E-state index in [0.717, 1.165) is 19.3 Å². The number of pyridine rings is 1. The van der Waals surface area contributed by atoms with E-state index < -0.39 is 11.4 Å². The fourth-order valence-electron chi connectivity index (χ4n) is 3.19. The van der Waals surface area contributed by atoms with Crippen molar-refractivity contribution in [2.45, 2.75) is 52.0 Å². The normalized spacial score (nSPS) is 10.9. The van der Waals surface area contributed by atoms with Crippen LogP contribution >= 0.6 is 0 Å². The fourth-order valence-corrected chi connectivity index (χ4v) is 3.19. The van der Waals surface area contributed by atoms with Gasteiger partial charge in [-0.15, -0.1) is 0 Å². The first-order valence-electron chi connectivity index (χ1n) is 9.06. The van der Waals surface area contributed by atoms with Gasteiger partial charge in [0.25, 0.3) is 0 Å². The molecule has 1 aromatic heterocycles. The lowest BCUT2D eigenvalue weighted by molar-refractivity contribution is 0.0694. The highest BCUT2D eigenvalue weighted by molar-refractivity contribution is 5.95. The van der Waals surface area contributed by atoms with Crippen LogP contribution < -0.4 is 14.9 Å². The quantitative estimate of drug-likeness (QED) is 0.645. The highest BCUT2D eigenvalue weighted by Crippen LogP contribution is 2.34. The number of carboxylic acids is 1. The largest absolute Gasteiger partial charge is 0.493 e. The molecule has 26 heavy (non-hydrogen) atoms. The van der Waals surface area contributed by atoms with Crippen LogP contribution in [-0.4, -0.2) is 29.9 Å². The second-order valence-corrected chi connectivity index (χ2v) is 6.34. The molecule has 0 fully saturated rings. The number of aromatic nitrogens is 1. The Bertz CT molecular complexity index is 825. The Kier molecular flexibility index (Phi) is 7.06. The van der Waals surface area contributed by atoms with Crippen molar-refractivity contribution in [3.63, 3.8) is 0 Å². The van der Waals surface area contributed by atoms with Crippen LogP contribution in [0.3, 0.4) is 0 Å². The average Bonchev–Trinajstić information content (AvgIpc) is 2.64. The molecule has 0 amide bonds. The van der Waals surface area contributed by atoms with E-state index in [1.807, 2.05) is 0 Å². The summed E-state index contributed by atoms with van der Waals surface area (Å²) in [6.07, 6.45) is 8.17. The molecule has 1 aromatic carbocycles. The predicted octanol–water partition coefficient (Wildman–Crippen LogP) is 4.08. The van der Waals surface area contributed by atoms with E-state index >= 15 is 0 Å². The molecular weight excluding hydrogens is 334 g/mol. The van der Waals surface area contributed by atoms with Crippen molar-refractivity contribution in [2.24, 2.45) is 0 Å². The van der Waals surface area contributed by atoms with Crippen molar-refractivity contribution in [3.05, 3.63) is 34.1 Å². The average molecular weight is 361 g/mol. The zero-order valence-corrected chi connectivity index (χ0v) is 15.7. The first kappa shape index (κ1) is 19.8. The molecule has 0 saturated carbocycles. The second-order valence-electron chi connectivity index (χ2n) is 6.34. The monoisotopic (exact) mass is 361 g/mol. The van der Waals surface area contributed by atoms with Crippen LogP contribution in [-0.2, 0) is 6.54 Å². The molecule has 0 radical (unpaired) electrons. The van der Waals surface area contributed by atoms with Crippen LogP contribution in [0.25, 0.3) is 10.9 Å². The SMILES string of the molecule is CCCCCCCCn1cc(C(=O)O)c(=O)c2ccc(OC)c(OC)c21. The molecule has 2 rings (SSSR count). The maximum atomic E-state index is 12.5. The van der Waals surface area contributed by atoms with Gasteiger partial charge in [-0.25, -0.2) is 4.79 Å². The van der Waals surface area contributed by atoms with Crippen LogP contribution in [0, 0.1) is 0 Å². The molecule has 0 aliphatic rings. The number of hydrogen-bond acceptors (Lipinski definition) is 4. The van der Waals surface area contributed by atoms with Crippen molar-refractivity contribution < 1.29 is 19.4 Å². The van der Waals surface area contributed by atoms with Gasteiger partial charge in [-0.2, -0.15) is 0 Å². The van der Waals surface area contributed by atoms with Gasteiger partial charge < -0.3 is 19.1 Å². The van der Waals surface area contributed by atoms with Gasteiger partial charge in [0.2, 0.25) is 5.43 Å². The summed E-state index contributed by atoms with van der Waals surface area (Å²) >= 11 is 0. The summed E-state index contributed by atoms with van der Waals surface area (Å²) < 4.78 is 12.6. The molecule has 0 unspecified atom stereocenters. The number of ether oxygens (including phenoxy) is 2. The Hall–Kier alpha value is -2.50. The van der Waals surface area contributed by atoms with Gasteiger partial charge in [-0.3, -0.25) is 4.79 Å². The van der Waals surface area contributed by atoms with Gasteiger partial charge in [0.15, 0.2) is 11.5 Å². The summed E-state index contributed by atoms with van der Waals surface area (Å²) in [7, 11) is 3.05. The molecule has 142 valence electrons. The summed E-state index contributed by atoms with van der Waals surface area (Å²) in [5.41, 5.74) is -0.154. The van der Waals surface area contributed by atoms with E-state index in [1.54, 1.807) is 16.7 Å². The van der Waals surface area contributed by atoms with Crippen molar-refractivity contribution >= 4 is 16.9 Å². The zero-order valence-electron chi connectivity index (χ0n) is 15.7. The van der Waals surface area contributed by atoms with E-state index in [2.05, 4.69) is 6.92 Å². The third-order valence-corrected chi connectivity index (χ3v) is 4.56. The van der Waals surface area contributed by atoms with E-state index in [4.69, 9.17) is 9.47 Å². The van der Waals surface area contributed by atoms with Gasteiger partial charge in [0, 0.05) is 12.7 Å². The predicted molar refractivity (Wildman–Crippen MR) is 102 cm³/mol. The minimum Gasteiger partial charge on any atom is -0.493 e. The molecule has 1 heterocycles. The van der Waals surface area contributed by atoms with Gasteiger partial charge in [0.05, 0.1) is 25.1 Å². The Morgan fingerprint density at radius 3 is 2.38 bits per heavy atom.